The molecule has 0 atom stereocenters. The molecular weight excluding hydrogens is 306 g/mol. The number of rotatable bonds is 3. The molecule has 5 heteroatoms. The van der Waals surface area contributed by atoms with E-state index in [1.165, 1.54) is 0 Å². The monoisotopic (exact) mass is 317 g/mol. The SMILES string of the molecule is CCn1cc(Br)cc1C(=O)Nc1cccc(C#N)c1. The summed E-state index contributed by atoms with van der Waals surface area (Å²) >= 11 is 3.36. The van der Waals surface area contributed by atoms with E-state index in [0.717, 1.165) is 4.47 Å². The van der Waals surface area contributed by atoms with Gasteiger partial charge in [-0.05, 0) is 47.1 Å². The zero-order valence-electron chi connectivity index (χ0n) is 10.4. The van der Waals surface area contributed by atoms with Crippen molar-refractivity contribution in [2.24, 2.45) is 0 Å². The molecule has 19 heavy (non-hydrogen) atoms. The van der Waals surface area contributed by atoms with Crippen molar-refractivity contribution in [3.8, 4) is 6.07 Å². The third-order valence-electron chi connectivity index (χ3n) is 2.69. The maximum Gasteiger partial charge on any atom is 0.272 e. The Kier molecular flexibility index (Phi) is 4.03. The molecule has 0 aliphatic carbocycles. The van der Waals surface area contributed by atoms with Crippen LogP contribution in [-0.2, 0) is 6.54 Å². The van der Waals surface area contributed by atoms with Crippen molar-refractivity contribution in [2.45, 2.75) is 13.5 Å². The Morgan fingerprint density at radius 2 is 2.26 bits per heavy atom. The van der Waals surface area contributed by atoms with Gasteiger partial charge in [-0.1, -0.05) is 6.07 Å². The van der Waals surface area contributed by atoms with E-state index in [4.69, 9.17) is 5.26 Å². The molecule has 0 aliphatic heterocycles. The molecule has 0 saturated carbocycles. The van der Waals surface area contributed by atoms with Gasteiger partial charge in [-0.25, -0.2) is 0 Å². The highest BCUT2D eigenvalue weighted by Gasteiger charge is 2.12. The average molecular weight is 318 g/mol. The van der Waals surface area contributed by atoms with Gasteiger partial charge in [-0.3, -0.25) is 4.79 Å². The number of nitriles is 1. The summed E-state index contributed by atoms with van der Waals surface area (Å²) in [6, 6.07) is 10.7. The van der Waals surface area contributed by atoms with E-state index in [1.54, 1.807) is 30.3 Å². The maximum absolute atomic E-state index is 12.2. The fraction of sp³-hybridized carbons (Fsp3) is 0.143. The lowest BCUT2D eigenvalue weighted by atomic mass is 10.2. The largest absolute Gasteiger partial charge is 0.343 e. The Labute approximate surface area is 119 Å². The number of carbonyl (C=O) groups is 1. The minimum absolute atomic E-state index is 0.192. The quantitative estimate of drug-likeness (QED) is 0.943. The Hall–Kier alpha value is -2.06. The van der Waals surface area contributed by atoms with Crippen LogP contribution in [-0.4, -0.2) is 10.5 Å². The number of aryl methyl sites for hydroxylation is 1. The van der Waals surface area contributed by atoms with Crippen LogP contribution in [0.5, 0.6) is 0 Å². The van der Waals surface area contributed by atoms with E-state index in [-0.39, 0.29) is 5.91 Å². The fourth-order valence-electron chi connectivity index (χ4n) is 1.79. The molecule has 0 unspecified atom stereocenters. The van der Waals surface area contributed by atoms with Gasteiger partial charge in [-0.2, -0.15) is 5.26 Å². The van der Waals surface area contributed by atoms with Crippen LogP contribution in [0.2, 0.25) is 0 Å². The van der Waals surface area contributed by atoms with Gasteiger partial charge in [0, 0.05) is 22.9 Å². The Morgan fingerprint density at radius 3 is 2.95 bits per heavy atom. The highest BCUT2D eigenvalue weighted by molar-refractivity contribution is 9.10. The molecule has 1 N–H and O–H groups in total. The number of carbonyl (C=O) groups excluding carboxylic acids is 1. The number of nitrogens with zero attached hydrogens (tertiary/aromatic N) is 2. The first-order chi connectivity index (χ1) is 9.13. The lowest BCUT2D eigenvalue weighted by Gasteiger charge is -2.07. The molecule has 1 amide bonds. The number of anilines is 1. The van der Waals surface area contributed by atoms with Crippen LogP contribution < -0.4 is 5.32 Å². The zero-order valence-corrected chi connectivity index (χ0v) is 11.9. The maximum atomic E-state index is 12.2. The predicted molar refractivity (Wildman–Crippen MR) is 76.9 cm³/mol. The third-order valence-corrected chi connectivity index (χ3v) is 3.12. The summed E-state index contributed by atoms with van der Waals surface area (Å²) in [6.07, 6.45) is 1.86. The van der Waals surface area contributed by atoms with Gasteiger partial charge >= 0.3 is 0 Å². The Morgan fingerprint density at radius 1 is 1.47 bits per heavy atom. The van der Waals surface area contributed by atoms with Gasteiger partial charge in [0.25, 0.3) is 5.91 Å². The number of nitrogens with one attached hydrogen (secondary N) is 1. The van der Waals surface area contributed by atoms with Crippen LogP contribution in [0.15, 0.2) is 41.0 Å². The summed E-state index contributed by atoms with van der Waals surface area (Å²) in [5.74, 6) is -0.192. The van der Waals surface area contributed by atoms with Crippen molar-refractivity contribution < 1.29 is 4.79 Å². The molecule has 0 spiro atoms. The Bertz CT molecular complexity index is 655. The third kappa shape index (κ3) is 3.04. The van der Waals surface area contributed by atoms with E-state index in [2.05, 4.69) is 21.2 Å². The van der Waals surface area contributed by atoms with E-state index in [0.29, 0.717) is 23.5 Å². The summed E-state index contributed by atoms with van der Waals surface area (Å²) < 4.78 is 2.72. The summed E-state index contributed by atoms with van der Waals surface area (Å²) in [5.41, 5.74) is 1.71. The van der Waals surface area contributed by atoms with E-state index >= 15 is 0 Å². The smallest absolute Gasteiger partial charge is 0.272 e. The first-order valence-electron chi connectivity index (χ1n) is 5.81. The standard InChI is InChI=1S/C14H12BrN3O/c1-2-18-9-11(15)7-13(18)14(19)17-12-5-3-4-10(6-12)8-16/h3-7,9H,2H2,1H3,(H,17,19). The molecule has 1 aromatic heterocycles. The highest BCUT2D eigenvalue weighted by atomic mass is 79.9. The number of halogens is 1. The summed E-state index contributed by atoms with van der Waals surface area (Å²) in [6.45, 7) is 2.69. The van der Waals surface area contributed by atoms with Crippen molar-refractivity contribution in [2.75, 3.05) is 5.32 Å². The van der Waals surface area contributed by atoms with Gasteiger partial charge in [-0.15, -0.1) is 0 Å². The molecule has 0 bridgehead atoms. The van der Waals surface area contributed by atoms with Crippen LogP contribution in [0, 0.1) is 11.3 Å². The molecule has 0 saturated heterocycles. The molecule has 0 aliphatic rings. The summed E-state index contributed by atoms with van der Waals surface area (Å²) in [7, 11) is 0. The molecule has 1 heterocycles. The van der Waals surface area contributed by atoms with Crippen molar-refractivity contribution in [1.29, 1.82) is 5.26 Å². The number of amides is 1. The second-order valence-electron chi connectivity index (χ2n) is 3.98. The molecule has 2 rings (SSSR count). The lowest BCUT2D eigenvalue weighted by molar-refractivity contribution is 0.101. The van der Waals surface area contributed by atoms with Crippen LogP contribution in [0.25, 0.3) is 0 Å². The number of hydrogen-bond acceptors (Lipinski definition) is 2. The van der Waals surface area contributed by atoms with Crippen molar-refractivity contribution in [1.82, 2.24) is 4.57 Å². The second kappa shape index (κ2) is 5.72. The zero-order chi connectivity index (χ0) is 13.8. The van der Waals surface area contributed by atoms with Crippen molar-refractivity contribution in [3.63, 3.8) is 0 Å². The molecular formula is C14H12BrN3O. The minimum Gasteiger partial charge on any atom is -0.343 e. The molecule has 4 nitrogen and oxygen atoms in total. The molecule has 0 radical (unpaired) electrons. The van der Waals surface area contributed by atoms with E-state index < -0.39 is 0 Å². The van der Waals surface area contributed by atoms with Gasteiger partial charge in [0.05, 0.1) is 11.6 Å². The second-order valence-corrected chi connectivity index (χ2v) is 4.89. The van der Waals surface area contributed by atoms with Crippen LogP contribution >= 0.6 is 15.9 Å². The van der Waals surface area contributed by atoms with E-state index in [1.807, 2.05) is 23.8 Å². The molecule has 1 aromatic carbocycles. The average Bonchev–Trinajstić information content (AvgIpc) is 2.80. The Balaban J connectivity index is 2.23. The molecule has 2 aromatic rings. The highest BCUT2D eigenvalue weighted by Crippen LogP contribution is 2.17. The number of aromatic nitrogens is 1. The minimum atomic E-state index is -0.192. The number of hydrogen-bond donors (Lipinski definition) is 1. The molecule has 0 fully saturated rings. The van der Waals surface area contributed by atoms with Gasteiger partial charge in [0.2, 0.25) is 0 Å². The first kappa shape index (κ1) is 13.4. The van der Waals surface area contributed by atoms with Crippen molar-refractivity contribution in [3.05, 3.63) is 52.3 Å². The number of benzene rings is 1. The lowest BCUT2D eigenvalue weighted by Crippen LogP contribution is -2.16. The first-order valence-corrected chi connectivity index (χ1v) is 6.60. The summed E-state index contributed by atoms with van der Waals surface area (Å²) in [5, 5.41) is 11.6. The fourth-order valence-corrected chi connectivity index (χ4v) is 2.25. The topological polar surface area (TPSA) is 57.8 Å². The van der Waals surface area contributed by atoms with Crippen LogP contribution in [0.3, 0.4) is 0 Å². The van der Waals surface area contributed by atoms with Crippen LogP contribution in [0.4, 0.5) is 5.69 Å². The van der Waals surface area contributed by atoms with Gasteiger partial charge < -0.3 is 9.88 Å². The van der Waals surface area contributed by atoms with Gasteiger partial charge in [0.1, 0.15) is 5.69 Å². The predicted octanol–water partition coefficient (Wildman–Crippen LogP) is 3.39. The van der Waals surface area contributed by atoms with Gasteiger partial charge in [0.15, 0.2) is 0 Å². The molecule has 96 valence electrons. The van der Waals surface area contributed by atoms with Crippen molar-refractivity contribution >= 4 is 27.5 Å². The summed E-state index contributed by atoms with van der Waals surface area (Å²) in [4.78, 5) is 12.2. The van der Waals surface area contributed by atoms with E-state index in [9.17, 15) is 4.79 Å². The normalized spacial score (nSPS) is 9.95. The van der Waals surface area contributed by atoms with Crippen LogP contribution in [0.1, 0.15) is 23.0 Å².